The van der Waals surface area contributed by atoms with Crippen molar-refractivity contribution in [2.75, 3.05) is 14.1 Å². The molecule has 0 radical (unpaired) electrons. The second-order valence-electron chi connectivity index (χ2n) is 3.24. The molecule has 1 atom stereocenters. The minimum absolute atomic E-state index is 0.582. The molecule has 13 heavy (non-hydrogen) atoms. The highest BCUT2D eigenvalue weighted by atomic mass is 16.4. The van der Waals surface area contributed by atoms with Gasteiger partial charge in [-0.3, -0.25) is 0 Å². The predicted octanol–water partition coefficient (Wildman–Crippen LogP) is -1.38. The van der Waals surface area contributed by atoms with Crippen LogP contribution in [0.15, 0.2) is 30.3 Å². The van der Waals surface area contributed by atoms with Crippen LogP contribution in [0.2, 0.25) is 0 Å². The molecule has 0 aliphatic heterocycles. The Morgan fingerprint density at radius 3 is 2.23 bits per heavy atom. The van der Waals surface area contributed by atoms with Crippen molar-refractivity contribution in [3.05, 3.63) is 35.9 Å². The standard InChI is InChI=1S/C10H13NO2/c1-11(2)9(10(12)13)8-6-4-3-5-7-8/h3-7,9H,1-2H3,(H,12,13)/t9-/m0/s1. The number of nitrogens with one attached hydrogen (secondary N) is 1. The van der Waals surface area contributed by atoms with Crippen LogP contribution in [-0.2, 0) is 4.79 Å². The lowest BCUT2D eigenvalue weighted by Gasteiger charge is -2.22. The maximum atomic E-state index is 10.8. The van der Waals surface area contributed by atoms with Gasteiger partial charge in [0.05, 0.1) is 14.1 Å². The van der Waals surface area contributed by atoms with Gasteiger partial charge >= 0.3 is 0 Å². The number of quaternary nitrogens is 1. The summed E-state index contributed by atoms with van der Waals surface area (Å²) >= 11 is 0. The molecule has 0 saturated heterocycles. The van der Waals surface area contributed by atoms with E-state index >= 15 is 0 Å². The highest BCUT2D eigenvalue weighted by Gasteiger charge is 2.17. The number of carboxylic acid groups (broad SMARTS) is 1. The van der Waals surface area contributed by atoms with E-state index in [4.69, 9.17) is 0 Å². The van der Waals surface area contributed by atoms with Gasteiger partial charge in [-0.2, -0.15) is 0 Å². The number of carbonyl (C=O) groups excluding carboxylic acids is 1. The molecule has 0 saturated carbocycles. The van der Waals surface area contributed by atoms with E-state index in [1.807, 2.05) is 18.2 Å². The van der Waals surface area contributed by atoms with E-state index in [0.29, 0.717) is 0 Å². The van der Waals surface area contributed by atoms with Crippen LogP contribution in [0.25, 0.3) is 0 Å². The average molecular weight is 179 g/mol. The molecule has 3 nitrogen and oxygen atoms in total. The summed E-state index contributed by atoms with van der Waals surface area (Å²) in [7, 11) is 3.60. The summed E-state index contributed by atoms with van der Waals surface area (Å²) in [5.41, 5.74) is 0.780. The number of hydrogen-bond donors (Lipinski definition) is 1. The molecule has 0 heterocycles. The molecule has 1 aromatic carbocycles. The van der Waals surface area contributed by atoms with Crippen LogP contribution >= 0.6 is 0 Å². The second-order valence-corrected chi connectivity index (χ2v) is 3.24. The summed E-state index contributed by atoms with van der Waals surface area (Å²) in [6.45, 7) is 0. The van der Waals surface area contributed by atoms with Gasteiger partial charge in [0.1, 0.15) is 5.97 Å². The first-order chi connectivity index (χ1) is 6.13. The van der Waals surface area contributed by atoms with Crippen molar-refractivity contribution < 1.29 is 14.8 Å². The van der Waals surface area contributed by atoms with E-state index in [1.54, 1.807) is 26.2 Å². The van der Waals surface area contributed by atoms with Crippen molar-refractivity contribution in [1.29, 1.82) is 0 Å². The maximum absolute atomic E-state index is 10.8. The Hall–Kier alpha value is -1.35. The van der Waals surface area contributed by atoms with Crippen molar-refractivity contribution >= 4 is 5.97 Å². The average Bonchev–Trinajstić information content (AvgIpc) is 2.04. The normalized spacial score (nSPS) is 12.8. The van der Waals surface area contributed by atoms with Gasteiger partial charge in [-0.25, -0.2) is 0 Å². The number of aliphatic carboxylic acids is 1. The first kappa shape index (κ1) is 9.74. The highest BCUT2D eigenvalue weighted by molar-refractivity contribution is 5.71. The van der Waals surface area contributed by atoms with E-state index < -0.39 is 12.0 Å². The van der Waals surface area contributed by atoms with Gasteiger partial charge in [0, 0.05) is 5.56 Å². The first-order valence-corrected chi connectivity index (χ1v) is 4.18. The van der Waals surface area contributed by atoms with Gasteiger partial charge < -0.3 is 14.8 Å². The van der Waals surface area contributed by atoms with Crippen molar-refractivity contribution in [2.24, 2.45) is 0 Å². The molecule has 70 valence electrons. The van der Waals surface area contributed by atoms with Gasteiger partial charge in [-0.1, -0.05) is 30.3 Å². The Balaban J connectivity index is 2.96. The van der Waals surface area contributed by atoms with Crippen molar-refractivity contribution in [3.63, 3.8) is 0 Å². The molecule has 0 unspecified atom stereocenters. The molecule has 3 heteroatoms. The van der Waals surface area contributed by atoms with Gasteiger partial charge in [-0.15, -0.1) is 0 Å². The minimum Gasteiger partial charge on any atom is -0.544 e. The molecule has 0 aliphatic rings. The Kier molecular flexibility index (Phi) is 3.03. The lowest BCUT2D eigenvalue weighted by Crippen LogP contribution is -3.07. The van der Waals surface area contributed by atoms with E-state index in [1.165, 1.54) is 0 Å². The van der Waals surface area contributed by atoms with Crippen molar-refractivity contribution in [3.8, 4) is 0 Å². The Morgan fingerprint density at radius 1 is 1.31 bits per heavy atom. The maximum Gasteiger partial charge on any atom is 0.153 e. The predicted molar refractivity (Wildman–Crippen MR) is 47.0 cm³/mol. The topological polar surface area (TPSA) is 44.6 Å². The summed E-state index contributed by atoms with van der Waals surface area (Å²) in [4.78, 5) is 11.6. The Bertz CT molecular complexity index is 282. The molecular formula is C10H13NO2. The number of likely N-dealkylation sites (N-methyl/N-ethyl adjacent to an activating group) is 1. The van der Waals surface area contributed by atoms with E-state index in [2.05, 4.69) is 0 Å². The van der Waals surface area contributed by atoms with Gasteiger partial charge in [0.2, 0.25) is 0 Å². The van der Waals surface area contributed by atoms with Crippen LogP contribution in [-0.4, -0.2) is 20.1 Å². The highest BCUT2D eigenvalue weighted by Crippen LogP contribution is 2.07. The summed E-state index contributed by atoms with van der Waals surface area (Å²) in [6.07, 6.45) is 0. The summed E-state index contributed by atoms with van der Waals surface area (Å²) in [5, 5.41) is 10.8. The lowest BCUT2D eigenvalue weighted by atomic mass is 10.1. The van der Waals surface area contributed by atoms with Crippen LogP contribution in [0.3, 0.4) is 0 Å². The third-order valence-electron chi connectivity index (χ3n) is 1.95. The van der Waals surface area contributed by atoms with Crippen LogP contribution in [0, 0.1) is 0 Å². The summed E-state index contributed by atoms with van der Waals surface area (Å²) in [6, 6.07) is 8.53. The second kappa shape index (κ2) is 4.05. The smallest absolute Gasteiger partial charge is 0.153 e. The van der Waals surface area contributed by atoms with E-state index in [9.17, 15) is 9.90 Å². The Labute approximate surface area is 77.6 Å². The minimum atomic E-state index is -1.04. The molecule has 1 aromatic rings. The van der Waals surface area contributed by atoms with Gasteiger partial charge in [0.25, 0.3) is 0 Å². The monoisotopic (exact) mass is 179 g/mol. The number of rotatable bonds is 3. The number of benzene rings is 1. The molecular weight excluding hydrogens is 166 g/mol. The third-order valence-corrected chi connectivity index (χ3v) is 1.95. The summed E-state index contributed by atoms with van der Waals surface area (Å²) in [5.74, 6) is -1.04. The number of hydrogen-bond acceptors (Lipinski definition) is 2. The van der Waals surface area contributed by atoms with Crippen molar-refractivity contribution in [2.45, 2.75) is 6.04 Å². The number of carboxylic acids is 1. The third kappa shape index (κ3) is 2.29. The first-order valence-electron chi connectivity index (χ1n) is 4.18. The number of carbonyl (C=O) groups is 1. The van der Waals surface area contributed by atoms with Crippen LogP contribution < -0.4 is 10.0 Å². The zero-order chi connectivity index (χ0) is 9.84. The molecule has 0 fully saturated rings. The Morgan fingerprint density at radius 2 is 1.85 bits per heavy atom. The SMILES string of the molecule is C[NH+](C)[C@H](C(=O)[O-])c1ccccc1. The van der Waals surface area contributed by atoms with Crippen LogP contribution in [0.1, 0.15) is 11.6 Å². The van der Waals surface area contributed by atoms with Gasteiger partial charge in [0.15, 0.2) is 6.04 Å². The van der Waals surface area contributed by atoms with Gasteiger partial charge in [-0.05, 0) is 0 Å². The molecule has 1 N–H and O–H groups in total. The fourth-order valence-corrected chi connectivity index (χ4v) is 1.35. The van der Waals surface area contributed by atoms with Crippen LogP contribution in [0.5, 0.6) is 0 Å². The fourth-order valence-electron chi connectivity index (χ4n) is 1.35. The van der Waals surface area contributed by atoms with Crippen LogP contribution in [0.4, 0.5) is 0 Å². The van der Waals surface area contributed by atoms with E-state index in [-0.39, 0.29) is 0 Å². The van der Waals surface area contributed by atoms with Crippen molar-refractivity contribution in [1.82, 2.24) is 0 Å². The quantitative estimate of drug-likeness (QED) is 0.621. The molecule has 0 aromatic heterocycles. The molecule has 0 amide bonds. The molecule has 1 rings (SSSR count). The zero-order valence-electron chi connectivity index (χ0n) is 7.78. The molecule has 0 spiro atoms. The summed E-state index contributed by atoms with van der Waals surface area (Å²) < 4.78 is 0. The largest absolute Gasteiger partial charge is 0.544 e. The zero-order valence-corrected chi connectivity index (χ0v) is 7.78. The fraction of sp³-hybridized carbons (Fsp3) is 0.300. The molecule has 0 aliphatic carbocycles. The lowest BCUT2D eigenvalue weighted by molar-refractivity contribution is -0.885. The molecule has 0 bridgehead atoms. The van der Waals surface area contributed by atoms with E-state index in [0.717, 1.165) is 10.5 Å².